The zero-order valence-electron chi connectivity index (χ0n) is 9.69. The zero-order chi connectivity index (χ0) is 11.6. The summed E-state index contributed by atoms with van der Waals surface area (Å²) in [7, 11) is 0. The van der Waals surface area contributed by atoms with E-state index in [1.54, 1.807) is 0 Å². The number of hydrogen-bond acceptors (Lipinski definition) is 4. The van der Waals surface area contributed by atoms with Crippen molar-refractivity contribution in [3.8, 4) is 0 Å². The van der Waals surface area contributed by atoms with E-state index >= 15 is 0 Å². The van der Waals surface area contributed by atoms with Gasteiger partial charge in [0.25, 0.3) is 0 Å². The van der Waals surface area contributed by atoms with E-state index in [1.165, 1.54) is 0 Å². The number of aliphatic hydroxyl groups excluding tert-OH is 1. The number of ether oxygens (including phenoxy) is 1. The Balaban J connectivity index is 2.52. The molecule has 0 bridgehead atoms. The molecule has 0 aromatic carbocycles. The van der Waals surface area contributed by atoms with Crippen molar-refractivity contribution in [3.63, 3.8) is 0 Å². The van der Waals surface area contributed by atoms with Crippen molar-refractivity contribution in [1.82, 2.24) is 0 Å². The molecule has 0 radical (unpaired) electrons. The van der Waals surface area contributed by atoms with Gasteiger partial charge in [-0.1, -0.05) is 6.42 Å². The van der Waals surface area contributed by atoms with Crippen molar-refractivity contribution in [2.24, 2.45) is 11.7 Å². The van der Waals surface area contributed by atoms with Gasteiger partial charge in [-0.05, 0) is 33.6 Å². The highest BCUT2D eigenvalue weighted by molar-refractivity contribution is 5.76. The van der Waals surface area contributed by atoms with Gasteiger partial charge < -0.3 is 15.6 Å². The number of hydrogen-bond donors (Lipinski definition) is 2. The van der Waals surface area contributed by atoms with Crippen LogP contribution in [-0.4, -0.2) is 28.8 Å². The van der Waals surface area contributed by atoms with Crippen LogP contribution in [0.2, 0.25) is 0 Å². The molecular formula is C11H21NO3. The molecule has 1 saturated carbocycles. The van der Waals surface area contributed by atoms with E-state index in [4.69, 9.17) is 10.5 Å². The van der Waals surface area contributed by atoms with E-state index in [1.807, 2.05) is 20.8 Å². The maximum absolute atomic E-state index is 11.6. The first-order valence-corrected chi connectivity index (χ1v) is 5.48. The van der Waals surface area contributed by atoms with Crippen LogP contribution in [0.25, 0.3) is 0 Å². The van der Waals surface area contributed by atoms with Crippen LogP contribution in [0.3, 0.4) is 0 Å². The molecule has 4 heteroatoms. The summed E-state index contributed by atoms with van der Waals surface area (Å²) in [6.45, 7) is 5.42. The fourth-order valence-electron chi connectivity index (χ4n) is 1.93. The first kappa shape index (κ1) is 12.5. The summed E-state index contributed by atoms with van der Waals surface area (Å²) in [4.78, 5) is 11.6. The van der Waals surface area contributed by atoms with Crippen molar-refractivity contribution in [2.75, 3.05) is 0 Å². The predicted molar refractivity (Wildman–Crippen MR) is 57.2 cm³/mol. The van der Waals surface area contributed by atoms with Crippen molar-refractivity contribution >= 4 is 5.97 Å². The van der Waals surface area contributed by atoms with Crippen molar-refractivity contribution < 1.29 is 14.6 Å². The molecule has 2 unspecified atom stereocenters. The lowest BCUT2D eigenvalue weighted by Gasteiger charge is -2.26. The van der Waals surface area contributed by atoms with Gasteiger partial charge in [-0.25, -0.2) is 0 Å². The Labute approximate surface area is 90.8 Å². The molecule has 1 aliphatic rings. The maximum atomic E-state index is 11.6. The smallest absolute Gasteiger partial charge is 0.323 e. The number of rotatable bonds is 2. The van der Waals surface area contributed by atoms with Crippen LogP contribution < -0.4 is 5.73 Å². The topological polar surface area (TPSA) is 72.5 Å². The van der Waals surface area contributed by atoms with Crippen LogP contribution in [0, 0.1) is 5.92 Å². The summed E-state index contributed by atoms with van der Waals surface area (Å²) in [5.41, 5.74) is 5.27. The Kier molecular flexibility index (Phi) is 3.73. The monoisotopic (exact) mass is 215 g/mol. The van der Waals surface area contributed by atoms with Gasteiger partial charge in [0.1, 0.15) is 11.6 Å². The summed E-state index contributed by atoms with van der Waals surface area (Å²) in [5, 5.41) is 9.62. The molecule has 4 nitrogen and oxygen atoms in total. The summed E-state index contributed by atoms with van der Waals surface area (Å²) >= 11 is 0. The SMILES string of the molecule is CC(C)(C)OC(=O)C(N)C1CCC[C@H]1O. The van der Waals surface area contributed by atoms with Gasteiger partial charge in [-0.3, -0.25) is 4.79 Å². The normalized spacial score (nSPS) is 28.9. The Morgan fingerprint density at radius 2 is 2.07 bits per heavy atom. The van der Waals surface area contributed by atoms with E-state index in [-0.39, 0.29) is 5.92 Å². The van der Waals surface area contributed by atoms with E-state index in [2.05, 4.69) is 0 Å². The number of carbonyl (C=O) groups is 1. The molecule has 0 saturated heterocycles. The molecule has 1 rings (SSSR count). The van der Waals surface area contributed by atoms with Gasteiger partial charge in [0, 0.05) is 5.92 Å². The average molecular weight is 215 g/mol. The molecule has 0 aromatic rings. The Morgan fingerprint density at radius 3 is 2.47 bits per heavy atom. The van der Waals surface area contributed by atoms with E-state index in [0.717, 1.165) is 19.3 Å². The largest absolute Gasteiger partial charge is 0.459 e. The standard InChI is InChI=1S/C11H21NO3/c1-11(2,3)15-10(14)9(12)7-5-4-6-8(7)13/h7-9,13H,4-6,12H2,1-3H3/t7?,8-,9?/m1/s1. The summed E-state index contributed by atoms with van der Waals surface area (Å²) in [6.07, 6.45) is 2.03. The van der Waals surface area contributed by atoms with Crippen LogP contribution in [0.5, 0.6) is 0 Å². The van der Waals surface area contributed by atoms with E-state index < -0.39 is 23.7 Å². The molecule has 15 heavy (non-hydrogen) atoms. The molecule has 3 atom stereocenters. The molecular weight excluding hydrogens is 194 g/mol. The maximum Gasteiger partial charge on any atom is 0.323 e. The highest BCUT2D eigenvalue weighted by Crippen LogP contribution is 2.28. The van der Waals surface area contributed by atoms with Crippen molar-refractivity contribution in [1.29, 1.82) is 0 Å². The first-order chi connectivity index (χ1) is 6.81. The van der Waals surface area contributed by atoms with Crippen LogP contribution in [0.4, 0.5) is 0 Å². The zero-order valence-corrected chi connectivity index (χ0v) is 9.69. The lowest BCUT2D eigenvalue weighted by atomic mass is 9.97. The Morgan fingerprint density at radius 1 is 1.47 bits per heavy atom. The lowest BCUT2D eigenvalue weighted by Crippen LogP contribution is -2.45. The van der Waals surface area contributed by atoms with E-state index in [0.29, 0.717) is 0 Å². The van der Waals surface area contributed by atoms with Gasteiger partial charge in [0.15, 0.2) is 0 Å². The molecule has 3 N–H and O–H groups in total. The van der Waals surface area contributed by atoms with Crippen LogP contribution >= 0.6 is 0 Å². The third-order valence-electron chi connectivity index (χ3n) is 2.67. The van der Waals surface area contributed by atoms with Crippen LogP contribution in [-0.2, 0) is 9.53 Å². The summed E-state index contributed by atoms with van der Waals surface area (Å²) < 4.78 is 5.19. The van der Waals surface area contributed by atoms with Crippen LogP contribution in [0.15, 0.2) is 0 Å². The number of esters is 1. The second kappa shape index (κ2) is 4.49. The fraction of sp³-hybridized carbons (Fsp3) is 0.909. The minimum Gasteiger partial charge on any atom is -0.459 e. The first-order valence-electron chi connectivity index (χ1n) is 5.48. The average Bonchev–Trinajstić information content (AvgIpc) is 2.47. The predicted octanol–water partition coefficient (Wildman–Crippen LogP) is 0.816. The highest BCUT2D eigenvalue weighted by Gasteiger charge is 2.36. The molecule has 0 aliphatic heterocycles. The third-order valence-corrected chi connectivity index (χ3v) is 2.67. The number of nitrogens with two attached hydrogens (primary N) is 1. The van der Waals surface area contributed by atoms with Crippen LogP contribution in [0.1, 0.15) is 40.0 Å². The van der Waals surface area contributed by atoms with Gasteiger partial charge in [0.2, 0.25) is 0 Å². The number of carbonyl (C=O) groups excluding carboxylic acids is 1. The Bertz CT molecular complexity index is 234. The molecule has 1 aliphatic carbocycles. The van der Waals surface area contributed by atoms with Gasteiger partial charge in [0.05, 0.1) is 6.10 Å². The quantitative estimate of drug-likeness (QED) is 0.669. The minimum atomic E-state index is -0.693. The van der Waals surface area contributed by atoms with Crippen molar-refractivity contribution in [3.05, 3.63) is 0 Å². The molecule has 0 heterocycles. The van der Waals surface area contributed by atoms with E-state index in [9.17, 15) is 9.90 Å². The van der Waals surface area contributed by atoms with Gasteiger partial charge in [-0.2, -0.15) is 0 Å². The number of aliphatic hydroxyl groups is 1. The van der Waals surface area contributed by atoms with Gasteiger partial charge in [-0.15, -0.1) is 0 Å². The molecule has 0 aromatic heterocycles. The second-order valence-corrected chi connectivity index (χ2v) is 5.22. The third kappa shape index (κ3) is 3.47. The Hall–Kier alpha value is -0.610. The summed E-state index contributed by atoms with van der Waals surface area (Å²) in [5.74, 6) is -0.548. The molecule has 1 fully saturated rings. The highest BCUT2D eigenvalue weighted by atomic mass is 16.6. The van der Waals surface area contributed by atoms with Gasteiger partial charge >= 0.3 is 5.97 Å². The van der Waals surface area contributed by atoms with Crippen molar-refractivity contribution in [2.45, 2.75) is 57.8 Å². The molecule has 88 valence electrons. The molecule has 0 amide bonds. The lowest BCUT2D eigenvalue weighted by molar-refractivity contribution is -0.158. The molecule has 0 spiro atoms. The fourth-order valence-corrected chi connectivity index (χ4v) is 1.93. The summed E-state index contributed by atoms with van der Waals surface area (Å²) in [6, 6.07) is -0.693. The second-order valence-electron chi connectivity index (χ2n) is 5.22. The minimum absolute atomic E-state index is 0.139.